The van der Waals surface area contributed by atoms with E-state index in [4.69, 9.17) is 4.74 Å². The molecule has 4 heteroatoms. The Balaban J connectivity index is 1.56. The number of ketones is 1. The summed E-state index contributed by atoms with van der Waals surface area (Å²) in [7, 11) is 1.79. The van der Waals surface area contributed by atoms with Crippen LogP contribution < -0.4 is 0 Å². The maximum absolute atomic E-state index is 11.8. The SMILES string of the molecule is COCC1CCN(CCCn2cc(C(C)=O)c3ccccc32)CC1. The van der Waals surface area contributed by atoms with Crippen molar-refractivity contribution in [3.8, 4) is 0 Å². The Bertz CT molecular complexity index is 684. The number of carbonyl (C=O) groups is 1. The number of benzene rings is 1. The van der Waals surface area contributed by atoms with Crippen molar-refractivity contribution in [3.05, 3.63) is 36.0 Å². The second kappa shape index (κ2) is 7.95. The lowest BCUT2D eigenvalue weighted by Gasteiger charge is -2.31. The normalized spacial score (nSPS) is 16.8. The fourth-order valence-corrected chi connectivity index (χ4v) is 3.79. The van der Waals surface area contributed by atoms with Crippen LogP contribution in [0.1, 0.15) is 36.5 Å². The first-order valence-electron chi connectivity index (χ1n) is 8.99. The molecule has 1 aromatic carbocycles. The van der Waals surface area contributed by atoms with Gasteiger partial charge in [0.1, 0.15) is 0 Å². The quantitative estimate of drug-likeness (QED) is 0.729. The minimum Gasteiger partial charge on any atom is -0.384 e. The first-order chi connectivity index (χ1) is 11.7. The molecule has 24 heavy (non-hydrogen) atoms. The van der Waals surface area contributed by atoms with E-state index >= 15 is 0 Å². The summed E-state index contributed by atoms with van der Waals surface area (Å²) in [4.78, 5) is 14.4. The van der Waals surface area contributed by atoms with Gasteiger partial charge >= 0.3 is 0 Å². The van der Waals surface area contributed by atoms with E-state index in [2.05, 4.69) is 15.5 Å². The molecule has 0 atom stereocenters. The van der Waals surface area contributed by atoms with Crippen molar-refractivity contribution in [2.24, 2.45) is 5.92 Å². The Labute approximate surface area is 144 Å². The van der Waals surface area contributed by atoms with E-state index in [1.807, 2.05) is 24.4 Å². The van der Waals surface area contributed by atoms with E-state index < -0.39 is 0 Å². The second-order valence-electron chi connectivity index (χ2n) is 6.90. The Morgan fingerprint density at radius 3 is 2.67 bits per heavy atom. The van der Waals surface area contributed by atoms with Crippen LogP contribution in [-0.2, 0) is 11.3 Å². The van der Waals surface area contributed by atoms with Crippen LogP contribution in [0.5, 0.6) is 0 Å². The van der Waals surface area contributed by atoms with Crippen molar-refractivity contribution >= 4 is 16.7 Å². The smallest absolute Gasteiger partial charge is 0.161 e. The number of Topliss-reactive ketones (excluding diaryl/α,β-unsaturated/α-hetero) is 1. The van der Waals surface area contributed by atoms with Crippen molar-refractivity contribution < 1.29 is 9.53 Å². The van der Waals surface area contributed by atoms with Crippen LogP contribution in [0.15, 0.2) is 30.5 Å². The summed E-state index contributed by atoms with van der Waals surface area (Å²) in [6.07, 6.45) is 5.63. The lowest BCUT2D eigenvalue weighted by molar-refractivity contribution is 0.0986. The highest BCUT2D eigenvalue weighted by atomic mass is 16.5. The summed E-state index contributed by atoms with van der Waals surface area (Å²) in [6, 6.07) is 8.20. The number of methoxy groups -OCH3 is 1. The molecule has 1 aliphatic rings. The predicted molar refractivity (Wildman–Crippen MR) is 97.6 cm³/mol. The van der Waals surface area contributed by atoms with Gasteiger partial charge in [-0.2, -0.15) is 0 Å². The molecule has 3 rings (SSSR count). The van der Waals surface area contributed by atoms with E-state index in [-0.39, 0.29) is 5.78 Å². The van der Waals surface area contributed by atoms with Crippen molar-refractivity contribution in [2.45, 2.75) is 32.7 Å². The summed E-state index contributed by atoms with van der Waals surface area (Å²) >= 11 is 0. The van der Waals surface area contributed by atoms with Gasteiger partial charge in [-0.05, 0) is 57.8 Å². The third-order valence-corrected chi connectivity index (χ3v) is 5.15. The number of likely N-dealkylation sites (tertiary alicyclic amines) is 1. The molecular weight excluding hydrogens is 300 g/mol. The molecule has 4 nitrogen and oxygen atoms in total. The van der Waals surface area contributed by atoms with Crippen LogP contribution in [-0.4, -0.2) is 48.6 Å². The fourth-order valence-electron chi connectivity index (χ4n) is 3.79. The number of rotatable bonds is 7. The number of carbonyl (C=O) groups excluding carboxylic acids is 1. The summed E-state index contributed by atoms with van der Waals surface area (Å²) in [5.41, 5.74) is 2.01. The first kappa shape index (κ1) is 17.2. The van der Waals surface area contributed by atoms with E-state index in [1.165, 1.54) is 31.4 Å². The molecule has 0 unspecified atom stereocenters. The van der Waals surface area contributed by atoms with E-state index in [9.17, 15) is 4.79 Å². The highest BCUT2D eigenvalue weighted by Crippen LogP contribution is 2.22. The Kier molecular flexibility index (Phi) is 5.69. The number of nitrogens with zero attached hydrogens (tertiary/aromatic N) is 2. The summed E-state index contributed by atoms with van der Waals surface area (Å²) in [5, 5.41) is 1.07. The molecule has 1 saturated heterocycles. The van der Waals surface area contributed by atoms with Crippen molar-refractivity contribution in [3.63, 3.8) is 0 Å². The second-order valence-corrected chi connectivity index (χ2v) is 6.90. The Morgan fingerprint density at radius 2 is 1.96 bits per heavy atom. The number of para-hydroxylation sites is 1. The van der Waals surface area contributed by atoms with Crippen LogP contribution >= 0.6 is 0 Å². The van der Waals surface area contributed by atoms with Crippen LogP contribution in [0.3, 0.4) is 0 Å². The van der Waals surface area contributed by atoms with Gasteiger partial charge in [0, 0.05) is 42.9 Å². The van der Waals surface area contributed by atoms with Gasteiger partial charge in [0.2, 0.25) is 0 Å². The monoisotopic (exact) mass is 328 g/mol. The van der Waals surface area contributed by atoms with Crippen LogP contribution in [0.2, 0.25) is 0 Å². The molecule has 0 bridgehead atoms. The van der Waals surface area contributed by atoms with Crippen molar-refractivity contribution in [2.75, 3.05) is 33.4 Å². The van der Waals surface area contributed by atoms with Crippen molar-refractivity contribution in [1.82, 2.24) is 9.47 Å². The van der Waals surface area contributed by atoms with Gasteiger partial charge in [-0.3, -0.25) is 4.79 Å². The van der Waals surface area contributed by atoms with Gasteiger partial charge in [-0.25, -0.2) is 0 Å². The minimum atomic E-state index is 0.144. The van der Waals surface area contributed by atoms with Gasteiger partial charge in [0.05, 0.1) is 0 Å². The third-order valence-electron chi connectivity index (χ3n) is 5.15. The lowest BCUT2D eigenvalue weighted by atomic mass is 9.98. The zero-order valence-corrected chi connectivity index (χ0v) is 14.8. The Morgan fingerprint density at radius 1 is 1.21 bits per heavy atom. The van der Waals surface area contributed by atoms with Crippen molar-refractivity contribution in [1.29, 1.82) is 0 Å². The molecule has 0 N–H and O–H groups in total. The molecule has 1 fully saturated rings. The summed E-state index contributed by atoms with van der Waals surface area (Å²) in [5.74, 6) is 0.878. The number of aryl methyl sites for hydroxylation is 1. The molecule has 1 aliphatic heterocycles. The Hall–Kier alpha value is -1.65. The first-order valence-corrected chi connectivity index (χ1v) is 8.99. The summed E-state index contributed by atoms with van der Waals surface area (Å²) < 4.78 is 7.51. The molecule has 0 saturated carbocycles. The molecule has 0 amide bonds. The highest BCUT2D eigenvalue weighted by molar-refractivity contribution is 6.06. The van der Waals surface area contributed by atoms with Gasteiger partial charge in [0.15, 0.2) is 5.78 Å². The fraction of sp³-hybridized carbons (Fsp3) is 0.550. The molecule has 2 heterocycles. The largest absolute Gasteiger partial charge is 0.384 e. The molecule has 2 aromatic rings. The summed E-state index contributed by atoms with van der Waals surface area (Å²) in [6.45, 7) is 7.00. The number of hydrogen-bond donors (Lipinski definition) is 0. The number of hydrogen-bond acceptors (Lipinski definition) is 3. The van der Waals surface area contributed by atoms with E-state index in [0.29, 0.717) is 0 Å². The lowest BCUT2D eigenvalue weighted by Crippen LogP contribution is -2.35. The number of fused-ring (bicyclic) bond motifs is 1. The van der Waals surface area contributed by atoms with Crippen LogP contribution in [0.4, 0.5) is 0 Å². The predicted octanol–water partition coefficient (Wildman–Crippen LogP) is 3.59. The van der Waals surface area contributed by atoms with Gasteiger partial charge in [-0.15, -0.1) is 0 Å². The van der Waals surface area contributed by atoms with Gasteiger partial charge in [-0.1, -0.05) is 18.2 Å². The zero-order chi connectivity index (χ0) is 16.9. The molecule has 0 radical (unpaired) electrons. The zero-order valence-electron chi connectivity index (χ0n) is 14.8. The third kappa shape index (κ3) is 3.87. The molecule has 0 spiro atoms. The molecular formula is C20H28N2O2. The topological polar surface area (TPSA) is 34.5 Å². The maximum atomic E-state index is 11.8. The van der Waals surface area contributed by atoms with Gasteiger partial charge in [0.25, 0.3) is 0 Å². The van der Waals surface area contributed by atoms with E-state index in [1.54, 1.807) is 14.0 Å². The number of aromatic nitrogens is 1. The average Bonchev–Trinajstić information content (AvgIpc) is 2.96. The molecule has 130 valence electrons. The molecule has 0 aliphatic carbocycles. The van der Waals surface area contributed by atoms with Crippen LogP contribution in [0, 0.1) is 5.92 Å². The highest BCUT2D eigenvalue weighted by Gasteiger charge is 2.18. The standard InChI is InChI=1S/C20H28N2O2/c1-16(23)19-14-22(20-7-4-3-6-18(19)20)11-5-10-21-12-8-17(9-13-21)15-24-2/h3-4,6-7,14,17H,5,8-13,15H2,1-2H3. The van der Waals surface area contributed by atoms with Crippen LogP contribution in [0.25, 0.3) is 10.9 Å². The van der Waals surface area contributed by atoms with E-state index in [0.717, 1.165) is 43.0 Å². The minimum absolute atomic E-state index is 0.144. The number of ether oxygens (including phenoxy) is 1. The number of piperidine rings is 1. The van der Waals surface area contributed by atoms with Gasteiger partial charge < -0.3 is 14.2 Å². The average molecular weight is 328 g/mol. The maximum Gasteiger partial charge on any atom is 0.161 e. The molecule has 1 aromatic heterocycles.